The molecule has 19 heavy (non-hydrogen) atoms. The average molecular weight is 262 g/mol. The molecule has 3 atom stereocenters. The van der Waals surface area contributed by atoms with Gasteiger partial charge in [-0.3, -0.25) is 0 Å². The van der Waals surface area contributed by atoms with Crippen molar-refractivity contribution in [1.82, 2.24) is 0 Å². The van der Waals surface area contributed by atoms with E-state index in [-0.39, 0.29) is 6.10 Å². The van der Waals surface area contributed by atoms with Crippen molar-refractivity contribution in [2.24, 2.45) is 17.8 Å². The van der Waals surface area contributed by atoms with Crippen LogP contribution in [0.5, 0.6) is 5.75 Å². The van der Waals surface area contributed by atoms with Crippen LogP contribution in [0.15, 0.2) is 18.2 Å². The SMILES string of the molecule is COc1ccc(C(O)C2CC(C)CC(C)C2)cc1C. The molecule has 1 aromatic carbocycles. The Morgan fingerprint density at radius 1 is 1.16 bits per heavy atom. The minimum atomic E-state index is -0.338. The first-order chi connectivity index (χ1) is 9.01. The van der Waals surface area contributed by atoms with Crippen LogP contribution in [0.4, 0.5) is 0 Å². The second kappa shape index (κ2) is 5.96. The molecule has 106 valence electrons. The molecule has 1 aliphatic rings. The molecule has 3 unspecified atom stereocenters. The third kappa shape index (κ3) is 3.30. The Bertz CT molecular complexity index is 417. The number of methoxy groups -OCH3 is 1. The summed E-state index contributed by atoms with van der Waals surface area (Å²) < 4.78 is 5.28. The van der Waals surface area contributed by atoms with Gasteiger partial charge in [-0.05, 0) is 67.2 Å². The summed E-state index contributed by atoms with van der Waals surface area (Å²) in [6, 6.07) is 6.03. The fraction of sp³-hybridized carbons (Fsp3) is 0.647. The number of aryl methyl sites for hydroxylation is 1. The monoisotopic (exact) mass is 262 g/mol. The van der Waals surface area contributed by atoms with Crippen LogP contribution in [0.3, 0.4) is 0 Å². The molecule has 1 aromatic rings. The standard InChI is InChI=1S/C17H26O2/c1-11-7-12(2)9-15(8-11)17(18)14-5-6-16(19-4)13(3)10-14/h5-6,10-12,15,17-18H,7-9H2,1-4H3. The Morgan fingerprint density at radius 2 is 1.79 bits per heavy atom. The quantitative estimate of drug-likeness (QED) is 0.888. The summed E-state index contributed by atoms with van der Waals surface area (Å²) in [6.07, 6.45) is 3.23. The Morgan fingerprint density at radius 3 is 2.32 bits per heavy atom. The van der Waals surface area contributed by atoms with Gasteiger partial charge in [0.05, 0.1) is 13.2 Å². The number of benzene rings is 1. The van der Waals surface area contributed by atoms with Gasteiger partial charge in [0.1, 0.15) is 5.75 Å². The fourth-order valence-electron chi connectivity index (χ4n) is 3.62. The molecule has 2 heteroatoms. The highest BCUT2D eigenvalue weighted by molar-refractivity contribution is 5.37. The molecule has 0 heterocycles. The Balaban J connectivity index is 2.14. The molecule has 0 bridgehead atoms. The van der Waals surface area contributed by atoms with E-state index in [1.165, 1.54) is 6.42 Å². The van der Waals surface area contributed by atoms with Crippen LogP contribution in [0, 0.1) is 24.7 Å². The summed E-state index contributed by atoms with van der Waals surface area (Å²) in [5, 5.41) is 10.6. The lowest BCUT2D eigenvalue weighted by Gasteiger charge is -2.34. The number of hydrogen-bond acceptors (Lipinski definition) is 2. The highest BCUT2D eigenvalue weighted by Gasteiger charge is 2.29. The predicted octanol–water partition coefficient (Wildman–Crippen LogP) is 4.11. The van der Waals surface area contributed by atoms with Crippen LogP contribution >= 0.6 is 0 Å². The van der Waals surface area contributed by atoms with Crippen LogP contribution in [0.25, 0.3) is 0 Å². The lowest BCUT2D eigenvalue weighted by atomic mass is 9.73. The molecule has 0 aromatic heterocycles. The molecule has 0 aliphatic heterocycles. The van der Waals surface area contributed by atoms with E-state index >= 15 is 0 Å². The second-order valence-corrected chi connectivity index (χ2v) is 6.35. The number of ether oxygens (including phenoxy) is 1. The third-order valence-corrected chi connectivity index (χ3v) is 4.42. The summed E-state index contributed by atoms with van der Waals surface area (Å²) >= 11 is 0. The predicted molar refractivity (Wildman–Crippen MR) is 78.4 cm³/mol. The van der Waals surface area contributed by atoms with Crippen molar-refractivity contribution >= 4 is 0 Å². The van der Waals surface area contributed by atoms with Crippen LogP contribution in [-0.4, -0.2) is 12.2 Å². The molecule has 1 fully saturated rings. The highest BCUT2D eigenvalue weighted by Crippen LogP contribution is 2.40. The zero-order chi connectivity index (χ0) is 14.0. The Hall–Kier alpha value is -1.02. The van der Waals surface area contributed by atoms with E-state index in [1.54, 1.807) is 7.11 Å². The zero-order valence-electron chi connectivity index (χ0n) is 12.5. The van der Waals surface area contributed by atoms with E-state index in [2.05, 4.69) is 19.9 Å². The molecule has 2 nitrogen and oxygen atoms in total. The molecule has 2 rings (SSSR count). The Kier molecular flexibility index (Phi) is 4.51. The maximum absolute atomic E-state index is 10.6. The topological polar surface area (TPSA) is 29.5 Å². The van der Waals surface area contributed by atoms with Crippen molar-refractivity contribution in [2.45, 2.75) is 46.1 Å². The van der Waals surface area contributed by atoms with Gasteiger partial charge in [0.25, 0.3) is 0 Å². The lowest BCUT2D eigenvalue weighted by Crippen LogP contribution is -2.24. The largest absolute Gasteiger partial charge is 0.496 e. The van der Waals surface area contributed by atoms with Crippen LogP contribution in [-0.2, 0) is 0 Å². The van der Waals surface area contributed by atoms with Crippen molar-refractivity contribution in [2.75, 3.05) is 7.11 Å². The van der Waals surface area contributed by atoms with Gasteiger partial charge in [-0.2, -0.15) is 0 Å². The van der Waals surface area contributed by atoms with Gasteiger partial charge < -0.3 is 9.84 Å². The first-order valence-electron chi connectivity index (χ1n) is 7.33. The minimum absolute atomic E-state index is 0.338. The number of aliphatic hydroxyl groups excluding tert-OH is 1. The second-order valence-electron chi connectivity index (χ2n) is 6.35. The van der Waals surface area contributed by atoms with Crippen molar-refractivity contribution in [3.8, 4) is 5.75 Å². The van der Waals surface area contributed by atoms with Crippen LogP contribution in [0.1, 0.15) is 50.3 Å². The fourth-order valence-corrected chi connectivity index (χ4v) is 3.62. The molecule has 1 saturated carbocycles. The molecule has 1 aliphatic carbocycles. The van der Waals surface area contributed by atoms with Gasteiger partial charge in [-0.1, -0.05) is 19.9 Å². The molecular formula is C17H26O2. The number of aliphatic hydroxyl groups is 1. The molecule has 0 spiro atoms. The van der Waals surface area contributed by atoms with Crippen molar-refractivity contribution < 1.29 is 9.84 Å². The van der Waals surface area contributed by atoms with E-state index in [9.17, 15) is 5.11 Å². The van der Waals surface area contributed by atoms with E-state index in [0.717, 1.165) is 41.6 Å². The van der Waals surface area contributed by atoms with Crippen molar-refractivity contribution in [3.63, 3.8) is 0 Å². The number of rotatable bonds is 3. The molecule has 0 amide bonds. The van der Waals surface area contributed by atoms with E-state index < -0.39 is 0 Å². The summed E-state index contributed by atoms with van der Waals surface area (Å²) in [7, 11) is 1.68. The maximum Gasteiger partial charge on any atom is 0.121 e. The van der Waals surface area contributed by atoms with Gasteiger partial charge in [0.15, 0.2) is 0 Å². The van der Waals surface area contributed by atoms with E-state index in [1.807, 2.05) is 19.1 Å². The van der Waals surface area contributed by atoms with Gasteiger partial charge in [0, 0.05) is 0 Å². The first-order valence-corrected chi connectivity index (χ1v) is 7.33. The maximum atomic E-state index is 10.6. The van der Waals surface area contributed by atoms with Crippen molar-refractivity contribution in [3.05, 3.63) is 29.3 Å². The summed E-state index contributed by atoms with van der Waals surface area (Å²) in [4.78, 5) is 0. The normalized spacial score (nSPS) is 29.0. The molecular weight excluding hydrogens is 236 g/mol. The van der Waals surface area contributed by atoms with Gasteiger partial charge >= 0.3 is 0 Å². The first kappa shape index (κ1) is 14.4. The van der Waals surface area contributed by atoms with E-state index in [4.69, 9.17) is 4.74 Å². The number of hydrogen-bond donors (Lipinski definition) is 1. The van der Waals surface area contributed by atoms with Crippen LogP contribution < -0.4 is 4.74 Å². The molecule has 0 saturated heterocycles. The van der Waals surface area contributed by atoms with E-state index in [0.29, 0.717) is 5.92 Å². The van der Waals surface area contributed by atoms with Crippen molar-refractivity contribution in [1.29, 1.82) is 0 Å². The summed E-state index contributed by atoms with van der Waals surface area (Å²) in [5.41, 5.74) is 2.13. The molecule has 1 N–H and O–H groups in total. The summed E-state index contributed by atoms with van der Waals surface area (Å²) in [5.74, 6) is 2.73. The van der Waals surface area contributed by atoms with Crippen LogP contribution in [0.2, 0.25) is 0 Å². The van der Waals surface area contributed by atoms with Gasteiger partial charge in [-0.25, -0.2) is 0 Å². The smallest absolute Gasteiger partial charge is 0.121 e. The Labute approximate surface area is 116 Å². The highest BCUT2D eigenvalue weighted by atomic mass is 16.5. The average Bonchev–Trinajstić information content (AvgIpc) is 2.36. The minimum Gasteiger partial charge on any atom is -0.496 e. The third-order valence-electron chi connectivity index (χ3n) is 4.42. The zero-order valence-corrected chi connectivity index (χ0v) is 12.5. The lowest BCUT2D eigenvalue weighted by molar-refractivity contribution is 0.0551. The summed E-state index contributed by atoms with van der Waals surface area (Å²) in [6.45, 7) is 6.63. The molecule has 0 radical (unpaired) electrons. The van der Waals surface area contributed by atoms with Gasteiger partial charge in [-0.15, -0.1) is 0 Å². The van der Waals surface area contributed by atoms with Gasteiger partial charge in [0.2, 0.25) is 0 Å².